The second-order valence-corrected chi connectivity index (χ2v) is 4.69. The Labute approximate surface area is 109 Å². The van der Waals surface area contributed by atoms with E-state index in [-0.39, 0.29) is 12.2 Å². The van der Waals surface area contributed by atoms with E-state index < -0.39 is 29.2 Å². The number of likely N-dealkylation sites (N-methyl/N-ethyl adjacent to an activating group) is 1. The molecule has 0 saturated heterocycles. The number of hydrogen-bond donors (Lipinski definition) is 2. The number of nitrogens with one attached hydrogen (secondary N) is 1. The van der Waals surface area contributed by atoms with Crippen molar-refractivity contribution in [3.05, 3.63) is 29.8 Å². The molecule has 2 unspecified atom stereocenters. The second-order valence-electron chi connectivity index (χ2n) is 4.69. The third kappa shape index (κ3) is 2.68. The lowest BCUT2D eigenvalue weighted by molar-refractivity contribution is -0.144. The Morgan fingerprint density at radius 1 is 1.53 bits per heavy atom. The summed E-state index contributed by atoms with van der Waals surface area (Å²) >= 11 is 0. The smallest absolute Gasteiger partial charge is 0.324 e. The molecule has 6 heteroatoms. The van der Waals surface area contributed by atoms with E-state index in [0.29, 0.717) is 12.8 Å². The molecule has 2 N–H and O–H groups in total. The molecule has 1 aromatic rings. The Kier molecular flexibility index (Phi) is 3.71. The van der Waals surface area contributed by atoms with Gasteiger partial charge in [-0.3, -0.25) is 4.79 Å². The van der Waals surface area contributed by atoms with E-state index in [4.69, 9.17) is 4.74 Å². The predicted octanol–water partition coefficient (Wildman–Crippen LogP) is 1.94. The van der Waals surface area contributed by atoms with Crippen LogP contribution in [-0.4, -0.2) is 29.8 Å². The average molecular weight is 271 g/mol. The minimum atomic E-state index is -1.05. The van der Waals surface area contributed by atoms with Crippen molar-refractivity contribution in [1.29, 1.82) is 0 Å². The Morgan fingerprint density at radius 2 is 2.26 bits per heavy atom. The van der Waals surface area contributed by atoms with Gasteiger partial charge >= 0.3 is 5.97 Å². The maximum atomic E-state index is 13.4. The van der Waals surface area contributed by atoms with Crippen LogP contribution in [0.3, 0.4) is 0 Å². The number of benzene rings is 1. The molecule has 1 aliphatic carbocycles. The molecule has 0 heterocycles. The lowest BCUT2D eigenvalue weighted by Gasteiger charge is -2.23. The highest BCUT2D eigenvalue weighted by Gasteiger charge is 2.45. The van der Waals surface area contributed by atoms with E-state index >= 15 is 0 Å². The van der Waals surface area contributed by atoms with E-state index in [1.807, 2.05) is 0 Å². The minimum Gasteiger partial charge on any atom is -0.487 e. The van der Waals surface area contributed by atoms with E-state index in [2.05, 4.69) is 5.32 Å². The summed E-state index contributed by atoms with van der Waals surface area (Å²) in [4.78, 5) is 11.2. The third-order valence-corrected chi connectivity index (χ3v) is 3.54. The first kappa shape index (κ1) is 13.7. The first-order chi connectivity index (χ1) is 8.97. The van der Waals surface area contributed by atoms with Crippen molar-refractivity contribution in [3.8, 4) is 5.75 Å². The molecule has 4 nitrogen and oxygen atoms in total. The lowest BCUT2D eigenvalue weighted by atomic mass is 9.98. The SMILES string of the molecule is CNC1(C(=O)O)CCC(Oc2cc(F)ccc2F)C1. The number of carbonyl (C=O) groups is 1. The zero-order valence-electron chi connectivity index (χ0n) is 10.5. The number of aliphatic carboxylic acids is 1. The summed E-state index contributed by atoms with van der Waals surface area (Å²) < 4.78 is 31.8. The van der Waals surface area contributed by atoms with Crippen molar-refractivity contribution in [2.45, 2.75) is 30.9 Å². The van der Waals surface area contributed by atoms with Gasteiger partial charge in [-0.15, -0.1) is 0 Å². The van der Waals surface area contributed by atoms with Crippen molar-refractivity contribution in [1.82, 2.24) is 5.32 Å². The Bertz CT molecular complexity index is 495. The fourth-order valence-corrected chi connectivity index (χ4v) is 2.38. The van der Waals surface area contributed by atoms with E-state index in [1.54, 1.807) is 7.05 Å². The summed E-state index contributed by atoms with van der Waals surface area (Å²) in [5.41, 5.74) is -1.05. The summed E-state index contributed by atoms with van der Waals surface area (Å²) in [6, 6.07) is 2.96. The molecule has 104 valence electrons. The first-order valence-electron chi connectivity index (χ1n) is 6.01. The number of halogens is 2. The molecule has 1 fully saturated rings. The molecule has 0 spiro atoms. The van der Waals surface area contributed by atoms with Crippen molar-refractivity contribution in [2.75, 3.05) is 7.05 Å². The van der Waals surface area contributed by atoms with E-state index in [9.17, 15) is 18.7 Å². The summed E-state index contributed by atoms with van der Waals surface area (Å²) in [5.74, 6) is -2.38. The molecule has 19 heavy (non-hydrogen) atoms. The Hall–Kier alpha value is -1.69. The van der Waals surface area contributed by atoms with Crippen LogP contribution >= 0.6 is 0 Å². The van der Waals surface area contributed by atoms with Crippen LogP contribution in [0.4, 0.5) is 8.78 Å². The number of ether oxygens (including phenoxy) is 1. The van der Waals surface area contributed by atoms with Crippen molar-refractivity contribution < 1.29 is 23.4 Å². The molecular formula is C13H15F2NO3. The van der Waals surface area contributed by atoms with Gasteiger partial charge in [0.05, 0.1) is 0 Å². The molecule has 1 aliphatic rings. The maximum Gasteiger partial charge on any atom is 0.324 e. The number of carboxylic acid groups (broad SMARTS) is 1. The van der Waals surface area contributed by atoms with Gasteiger partial charge in [0.15, 0.2) is 11.6 Å². The summed E-state index contributed by atoms with van der Waals surface area (Å²) in [6.45, 7) is 0. The minimum absolute atomic E-state index is 0.178. The fraction of sp³-hybridized carbons (Fsp3) is 0.462. The van der Waals surface area contributed by atoms with E-state index in [1.165, 1.54) is 0 Å². The molecular weight excluding hydrogens is 256 g/mol. The fourth-order valence-electron chi connectivity index (χ4n) is 2.38. The molecule has 2 atom stereocenters. The molecule has 2 rings (SSSR count). The standard InChI is InChI=1S/C13H15F2NO3/c1-16-13(12(17)18)5-4-9(7-13)19-11-6-8(14)2-3-10(11)15/h2-3,6,9,16H,4-5,7H2,1H3,(H,17,18). The van der Waals surface area contributed by atoms with Gasteiger partial charge in [-0.25, -0.2) is 8.78 Å². The summed E-state index contributed by atoms with van der Waals surface area (Å²) in [5, 5.41) is 12.0. The van der Waals surface area contributed by atoms with Crippen LogP contribution in [0.2, 0.25) is 0 Å². The Morgan fingerprint density at radius 3 is 2.84 bits per heavy atom. The number of carboxylic acids is 1. The topological polar surface area (TPSA) is 58.6 Å². The average Bonchev–Trinajstić information content (AvgIpc) is 2.79. The summed E-state index contributed by atoms with van der Waals surface area (Å²) in [7, 11) is 1.57. The van der Waals surface area contributed by atoms with E-state index in [0.717, 1.165) is 18.2 Å². The van der Waals surface area contributed by atoms with Crippen LogP contribution in [0.1, 0.15) is 19.3 Å². The second kappa shape index (κ2) is 5.13. The van der Waals surface area contributed by atoms with Gasteiger partial charge in [0, 0.05) is 12.5 Å². The zero-order valence-corrected chi connectivity index (χ0v) is 10.5. The van der Waals surface area contributed by atoms with Crippen LogP contribution in [0.15, 0.2) is 18.2 Å². The highest BCUT2D eigenvalue weighted by Crippen LogP contribution is 2.33. The van der Waals surface area contributed by atoms with Gasteiger partial charge in [0.1, 0.15) is 17.5 Å². The van der Waals surface area contributed by atoms with Crippen LogP contribution in [0.25, 0.3) is 0 Å². The Balaban J connectivity index is 2.10. The third-order valence-electron chi connectivity index (χ3n) is 3.54. The molecule has 0 radical (unpaired) electrons. The normalized spacial score (nSPS) is 26.4. The highest BCUT2D eigenvalue weighted by molar-refractivity contribution is 5.79. The first-order valence-corrected chi connectivity index (χ1v) is 6.01. The van der Waals surface area contributed by atoms with Crippen molar-refractivity contribution >= 4 is 5.97 Å². The van der Waals surface area contributed by atoms with Gasteiger partial charge in [-0.1, -0.05) is 0 Å². The number of rotatable bonds is 4. The largest absolute Gasteiger partial charge is 0.487 e. The van der Waals surface area contributed by atoms with Crippen LogP contribution in [-0.2, 0) is 4.79 Å². The number of hydrogen-bond acceptors (Lipinski definition) is 3. The van der Waals surface area contributed by atoms with Crippen molar-refractivity contribution in [3.63, 3.8) is 0 Å². The molecule has 0 bridgehead atoms. The summed E-state index contributed by atoms with van der Waals surface area (Å²) in [6.07, 6.45) is 0.637. The molecule has 1 saturated carbocycles. The van der Waals surface area contributed by atoms with Crippen molar-refractivity contribution in [2.24, 2.45) is 0 Å². The van der Waals surface area contributed by atoms with Crippen LogP contribution in [0, 0.1) is 11.6 Å². The van der Waals surface area contributed by atoms with Gasteiger partial charge in [0.25, 0.3) is 0 Å². The van der Waals surface area contributed by atoms with Crippen LogP contribution < -0.4 is 10.1 Å². The maximum absolute atomic E-state index is 13.4. The predicted molar refractivity (Wildman–Crippen MR) is 64.1 cm³/mol. The molecule has 1 aromatic carbocycles. The van der Waals surface area contributed by atoms with Gasteiger partial charge in [-0.05, 0) is 32.0 Å². The quantitative estimate of drug-likeness (QED) is 0.878. The van der Waals surface area contributed by atoms with Gasteiger partial charge < -0.3 is 15.2 Å². The lowest BCUT2D eigenvalue weighted by Crippen LogP contribution is -2.48. The van der Waals surface area contributed by atoms with Gasteiger partial charge in [0.2, 0.25) is 0 Å². The molecule has 0 aromatic heterocycles. The van der Waals surface area contributed by atoms with Crippen LogP contribution in [0.5, 0.6) is 5.75 Å². The van der Waals surface area contributed by atoms with Gasteiger partial charge in [-0.2, -0.15) is 0 Å². The highest BCUT2D eigenvalue weighted by atomic mass is 19.1. The monoisotopic (exact) mass is 271 g/mol. The molecule has 0 amide bonds. The zero-order chi connectivity index (χ0) is 14.0. The molecule has 0 aliphatic heterocycles.